The van der Waals surface area contributed by atoms with Crippen molar-refractivity contribution >= 4 is 27.3 Å². The molecule has 2 aromatic rings. The second-order valence-electron chi connectivity index (χ2n) is 4.25. The molecular formula is C12H16BrN3S. The third-order valence-electron chi connectivity index (χ3n) is 2.42. The van der Waals surface area contributed by atoms with Crippen LogP contribution in [0.4, 0.5) is 0 Å². The van der Waals surface area contributed by atoms with Crippen LogP contribution in [0.2, 0.25) is 0 Å². The van der Waals surface area contributed by atoms with E-state index in [0.29, 0.717) is 6.04 Å². The molecule has 0 amide bonds. The first-order valence-corrected chi connectivity index (χ1v) is 7.29. The predicted octanol–water partition coefficient (Wildman–Crippen LogP) is 3.25. The first-order chi connectivity index (χ1) is 8.15. The van der Waals surface area contributed by atoms with Gasteiger partial charge >= 0.3 is 0 Å². The minimum Gasteiger partial charge on any atom is -0.309 e. The summed E-state index contributed by atoms with van der Waals surface area (Å²) in [5.41, 5.74) is 1.23. The van der Waals surface area contributed by atoms with Crippen LogP contribution in [-0.2, 0) is 13.1 Å². The number of hydrogen-bond acceptors (Lipinski definition) is 3. The summed E-state index contributed by atoms with van der Waals surface area (Å²) in [4.78, 5) is 1.31. The standard InChI is InChI=1S/C12H16BrN3S/c1-9(2)14-6-11-3-4-15-16(11)7-12-5-10(13)8-17-12/h3-5,8-9,14H,6-7H2,1-2H3. The van der Waals surface area contributed by atoms with E-state index in [1.165, 1.54) is 10.6 Å². The molecule has 0 unspecified atom stereocenters. The van der Waals surface area contributed by atoms with Gasteiger partial charge < -0.3 is 5.32 Å². The van der Waals surface area contributed by atoms with Gasteiger partial charge in [-0.15, -0.1) is 11.3 Å². The van der Waals surface area contributed by atoms with Gasteiger partial charge in [0, 0.05) is 33.5 Å². The zero-order valence-corrected chi connectivity index (χ0v) is 12.4. The quantitative estimate of drug-likeness (QED) is 0.918. The SMILES string of the molecule is CC(C)NCc1ccnn1Cc1cc(Br)cs1. The van der Waals surface area contributed by atoms with Gasteiger partial charge in [0.15, 0.2) is 0 Å². The van der Waals surface area contributed by atoms with Gasteiger partial charge in [-0.25, -0.2) is 0 Å². The lowest BCUT2D eigenvalue weighted by Gasteiger charge is -2.10. The first-order valence-electron chi connectivity index (χ1n) is 5.62. The van der Waals surface area contributed by atoms with E-state index < -0.39 is 0 Å². The Kier molecular flexibility index (Phi) is 4.36. The number of rotatable bonds is 5. The van der Waals surface area contributed by atoms with Crippen molar-refractivity contribution in [1.82, 2.24) is 15.1 Å². The van der Waals surface area contributed by atoms with Gasteiger partial charge in [0.25, 0.3) is 0 Å². The molecule has 0 aliphatic carbocycles. The van der Waals surface area contributed by atoms with E-state index in [9.17, 15) is 0 Å². The van der Waals surface area contributed by atoms with Gasteiger partial charge in [-0.3, -0.25) is 4.68 Å². The van der Waals surface area contributed by atoms with Crippen molar-refractivity contribution in [2.24, 2.45) is 0 Å². The fourth-order valence-electron chi connectivity index (χ4n) is 1.55. The van der Waals surface area contributed by atoms with Crippen LogP contribution in [0, 0.1) is 0 Å². The zero-order chi connectivity index (χ0) is 12.3. The van der Waals surface area contributed by atoms with Crippen molar-refractivity contribution in [3.05, 3.63) is 38.8 Å². The van der Waals surface area contributed by atoms with Crippen LogP contribution in [-0.4, -0.2) is 15.8 Å². The summed E-state index contributed by atoms with van der Waals surface area (Å²) in [6, 6.07) is 4.71. The van der Waals surface area contributed by atoms with Gasteiger partial charge in [0.2, 0.25) is 0 Å². The highest BCUT2D eigenvalue weighted by molar-refractivity contribution is 9.10. The summed E-state index contributed by atoms with van der Waals surface area (Å²) in [6.07, 6.45) is 1.86. The Labute approximate surface area is 114 Å². The van der Waals surface area contributed by atoms with Crippen molar-refractivity contribution in [1.29, 1.82) is 0 Å². The molecule has 0 aliphatic rings. The molecule has 17 heavy (non-hydrogen) atoms. The van der Waals surface area contributed by atoms with E-state index in [1.807, 2.05) is 10.9 Å². The van der Waals surface area contributed by atoms with Crippen molar-refractivity contribution in [2.45, 2.75) is 33.0 Å². The highest BCUT2D eigenvalue weighted by atomic mass is 79.9. The number of halogens is 1. The van der Waals surface area contributed by atoms with E-state index in [2.05, 4.69) is 57.7 Å². The smallest absolute Gasteiger partial charge is 0.0756 e. The number of nitrogens with zero attached hydrogens (tertiary/aromatic N) is 2. The van der Waals surface area contributed by atoms with E-state index in [1.54, 1.807) is 11.3 Å². The highest BCUT2D eigenvalue weighted by Gasteiger charge is 2.05. The summed E-state index contributed by atoms with van der Waals surface area (Å²) in [5, 5.41) is 9.88. The summed E-state index contributed by atoms with van der Waals surface area (Å²) >= 11 is 5.23. The van der Waals surface area contributed by atoms with Crippen LogP contribution in [0.3, 0.4) is 0 Å². The number of hydrogen-bond donors (Lipinski definition) is 1. The second-order valence-corrected chi connectivity index (χ2v) is 6.16. The topological polar surface area (TPSA) is 29.9 Å². The van der Waals surface area contributed by atoms with Crippen LogP contribution in [0.25, 0.3) is 0 Å². The van der Waals surface area contributed by atoms with E-state index in [0.717, 1.165) is 17.6 Å². The van der Waals surface area contributed by atoms with Crippen LogP contribution >= 0.6 is 27.3 Å². The normalized spacial score (nSPS) is 11.3. The van der Waals surface area contributed by atoms with Crippen LogP contribution < -0.4 is 5.32 Å². The molecule has 2 aromatic heterocycles. The molecule has 0 spiro atoms. The van der Waals surface area contributed by atoms with Crippen molar-refractivity contribution in [3.63, 3.8) is 0 Å². The third kappa shape index (κ3) is 3.66. The minimum absolute atomic E-state index is 0.495. The fraction of sp³-hybridized carbons (Fsp3) is 0.417. The average Bonchev–Trinajstić information content (AvgIpc) is 2.86. The maximum atomic E-state index is 4.37. The Morgan fingerprint density at radius 3 is 3.00 bits per heavy atom. The lowest BCUT2D eigenvalue weighted by molar-refractivity contribution is 0.548. The number of thiophene rings is 1. The molecule has 92 valence electrons. The molecule has 1 N–H and O–H groups in total. The van der Waals surface area contributed by atoms with Crippen molar-refractivity contribution < 1.29 is 0 Å². The molecule has 0 aliphatic heterocycles. The zero-order valence-electron chi connectivity index (χ0n) is 9.98. The summed E-state index contributed by atoms with van der Waals surface area (Å²) in [5.74, 6) is 0. The number of aromatic nitrogens is 2. The Hall–Kier alpha value is -0.650. The minimum atomic E-state index is 0.495. The van der Waals surface area contributed by atoms with E-state index in [-0.39, 0.29) is 0 Å². The highest BCUT2D eigenvalue weighted by Crippen LogP contribution is 2.20. The molecule has 2 rings (SSSR count). The molecule has 0 radical (unpaired) electrons. The molecule has 0 saturated heterocycles. The number of nitrogens with one attached hydrogen (secondary N) is 1. The molecule has 5 heteroatoms. The molecule has 0 bridgehead atoms. The molecular weight excluding hydrogens is 298 g/mol. The molecule has 3 nitrogen and oxygen atoms in total. The Balaban J connectivity index is 2.03. The second kappa shape index (κ2) is 5.80. The van der Waals surface area contributed by atoms with Crippen molar-refractivity contribution in [3.8, 4) is 0 Å². The van der Waals surface area contributed by atoms with E-state index >= 15 is 0 Å². The van der Waals surface area contributed by atoms with Crippen LogP contribution in [0.1, 0.15) is 24.4 Å². The van der Waals surface area contributed by atoms with Gasteiger partial charge in [-0.2, -0.15) is 5.10 Å². The molecule has 2 heterocycles. The van der Waals surface area contributed by atoms with Crippen molar-refractivity contribution in [2.75, 3.05) is 0 Å². The van der Waals surface area contributed by atoms with Gasteiger partial charge in [-0.1, -0.05) is 13.8 Å². The van der Waals surface area contributed by atoms with Gasteiger partial charge in [-0.05, 0) is 28.1 Å². The maximum absolute atomic E-state index is 4.37. The Bertz CT molecular complexity index is 476. The molecule has 0 fully saturated rings. The summed E-state index contributed by atoms with van der Waals surface area (Å²) in [6.45, 7) is 6.01. The fourth-order valence-corrected chi connectivity index (χ4v) is 2.98. The Morgan fingerprint density at radius 1 is 1.53 bits per heavy atom. The Morgan fingerprint density at radius 2 is 2.35 bits per heavy atom. The first kappa shape index (κ1) is 12.8. The third-order valence-corrected chi connectivity index (χ3v) is 4.11. The monoisotopic (exact) mass is 313 g/mol. The maximum Gasteiger partial charge on any atom is 0.0756 e. The molecule has 0 atom stereocenters. The van der Waals surface area contributed by atoms with Crippen LogP contribution in [0.5, 0.6) is 0 Å². The lowest BCUT2D eigenvalue weighted by Crippen LogP contribution is -2.23. The molecule has 0 saturated carbocycles. The molecule has 0 aromatic carbocycles. The van der Waals surface area contributed by atoms with E-state index in [4.69, 9.17) is 0 Å². The predicted molar refractivity (Wildman–Crippen MR) is 75.3 cm³/mol. The van der Waals surface area contributed by atoms with Gasteiger partial charge in [0.05, 0.1) is 12.2 Å². The average molecular weight is 314 g/mol. The summed E-state index contributed by atoms with van der Waals surface area (Å²) < 4.78 is 3.19. The lowest BCUT2D eigenvalue weighted by atomic mass is 10.3. The largest absolute Gasteiger partial charge is 0.309 e. The van der Waals surface area contributed by atoms with Gasteiger partial charge in [0.1, 0.15) is 0 Å². The summed E-state index contributed by atoms with van der Waals surface area (Å²) in [7, 11) is 0. The van der Waals surface area contributed by atoms with Crippen LogP contribution in [0.15, 0.2) is 28.2 Å².